The Labute approximate surface area is 197 Å². The highest BCUT2D eigenvalue weighted by molar-refractivity contribution is 5.96. The summed E-state index contributed by atoms with van der Waals surface area (Å²) in [7, 11) is 1.30. The second-order valence-corrected chi connectivity index (χ2v) is 8.34. The van der Waals surface area contributed by atoms with Gasteiger partial charge >= 0.3 is 5.97 Å². The quantitative estimate of drug-likeness (QED) is 0.291. The fraction of sp³-hybridized carbons (Fsp3) is 0.320. The number of carbonyl (C=O) groups is 2. The van der Waals surface area contributed by atoms with Gasteiger partial charge in [0.2, 0.25) is 0 Å². The van der Waals surface area contributed by atoms with E-state index in [1.54, 1.807) is 23.1 Å². The predicted octanol–water partition coefficient (Wildman–Crippen LogP) is 4.48. The Morgan fingerprint density at radius 3 is 2.41 bits per heavy atom. The summed E-state index contributed by atoms with van der Waals surface area (Å²) in [6.45, 7) is 4.43. The second kappa shape index (κ2) is 9.46. The number of hydrogen-bond acceptors (Lipinski definition) is 6. The van der Waals surface area contributed by atoms with Crippen LogP contribution in [0.25, 0.3) is 11.3 Å². The number of unbranched alkanes of at least 4 members (excludes halogenated alkanes) is 1. The predicted molar refractivity (Wildman–Crippen MR) is 125 cm³/mol. The number of nitro groups is 1. The molecule has 0 bridgehead atoms. The Kier molecular flexibility index (Phi) is 6.45. The molecule has 176 valence electrons. The molecule has 34 heavy (non-hydrogen) atoms. The van der Waals surface area contributed by atoms with Crippen LogP contribution in [0.1, 0.15) is 53.5 Å². The lowest BCUT2D eigenvalue weighted by Crippen LogP contribution is -2.48. The molecule has 0 radical (unpaired) electrons. The lowest BCUT2D eigenvalue weighted by Gasteiger charge is -2.40. The van der Waals surface area contributed by atoms with Crippen molar-refractivity contribution in [2.45, 2.75) is 38.8 Å². The highest BCUT2D eigenvalue weighted by Gasteiger charge is 2.46. The van der Waals surface area contributed by atoms with Gasteiger partial charge < -0.3 is 9.64 Å². The maximum atomic E-state index is 13.6. The molecular weight excluding hydrogens is 436 g/mol. The molecule has 0 unspecified atom stereocenters. The van der Waals surface area contributed by atoms with Gasteiger partial charge in [-0.1, -0.05) is 55.3 Å². The van der Waals surface area contributed by atoms with Gasteiger partial charge in [-0.05, 0) is 25.0 Å². The number of hydrogen-bond donors (Lipinski definition) is 0. The molecule has 2 heterocycles. The number of aryl methyl sites for hydroxylation is 1. The van der Waals surface area contributed by atoms with Crippen LogP contribution in [-0.2, 0) is 9.53 Å². The molecule has 2 atom stereocenters. The first-order valence-corrected chi connectivity index (χ1v) is 11.2. The molecule has 0 saturated carbocycles. The Hall–Kier alpha value is -4.01. The zero-order valence-corrected chi connectivity index (χ0v) is 19.3. The number of carbonyl (C=O) groups excluding carboxylic acids is 2. The van der Waals surface area contributed by atoms with Crippen LogP contribution >= 0.6 is 0 Å². The fourth-order valence-electron chi connectivity index (χ4n) is 4.28. The molecule has 9 nitrogen and oxygen atoms in total. The number of benzene rings is 2. The maximum Gasteiger partial charge on any atom is 0.333 e. The topological polar surface area (TPSA) is 108 Å². The van der Waals surface area contributed by atoms with Gasteiger partial charge in [0, 0.05) is 24.2 Å². The number of ether oxygens (including phenoxy) is 1. The first kappa shape index (κ1) is 23.2. The molecule has 1 amide bonds. The van der Waals surface area contributed by atoms with Crippen LogP contribution in [0.15, 0.2) is 54.6 Å². The van der Waals surface area contributed by atoms with Crippen molar-refractivity contribution < 1.29 is 19.2 Å². The van der Waals surface area contributed by atoms with E-state index in [0.717, 1.165) is 24.0 Å². The molecule has 9 heteroatoms. The maximum absolute atomic E-state index is 13.6. The van der Waals surface area contributed by atoms with Crippen molar-refractivity contribution in [3.05, 3.63) is 81.5 Å². The SMILES string of the molecule is CCCCN1C(=O)c2cc(-c3ccc(C)cc3)nn2[C@H](C(=O)OC)[C@H]1c1ccc([N+](=O)[O-])cc1. The molecule has 0 saturated heterocycles. The number of rotatable bonds is 7. The number of nitrogens with zero attached hydrogens (tertiary/aromatic N) is 4. The van der Waals surface area contributed by atoms with Crippen molar-refractivity contribution in [1.82, 2.24) is 14.7 Å². The standard InChI is InChI=1S/C25H26N4O5/c1-4-5-14-27-22(18-10-12-19(13-11-18)29(32)33)23(25(31)34-3)28-21(24(27)30)15-20(26-28)17-8-6-16(2)7-9-17/h6-13,15,22-23H,4-5,14H2,1-3H3/t22-,23+/m1/s1. The summed E-state index contributed by atoms with van der Waals surface area (Å²) in [6.07, 6.45) is 1.59. The summed E-state index contributed by atoms with van der Waals surface area (Å²) >= 11 is 0. The normalized spacial score (nSPS) is 17.4. The minimum atomic E-state index is -0.935. The van der Waals surface area contributed by atoms with Crippen molar-refractivity contribution in [1.29, 1.82) is 0 Å². The first-order valence-electron chi connectivity index (χ1n) is 11.2. The monoisotopic (exact) mass is 462 g/mol. The minimum Gasteiger partial charge on any atom is -0.467 e. The molecule has 0 N–H and O–H groups in total. The third-order valence-corrected chi connectivity index (χ3v) is 6.10. The average molecular weight is 463 g/mol. The van der Waals surface area contributed by atoms with Gasteiger partial charge in [-0.2, -0.15) is 5.10 Å². The van der Waals surface area contributed by atoms with Crippen LogP contribution in [0.4, 0.5) is 5.69 Å². The van der Waals surface area contributed by atoms with E-state index in [1.165, 1.54) is 23.9 Å². The number of aromatic nitrogens is 2. The van der Waals surface area contributed by atoms with Gasteiger partial charge in [-0.3, -0.25) is 14.9 Å². The molecule has 4 rings (SSSR count). The van der Waals surface area contributed by atoms with Crippen molar-refractivity contribution in [2.24, 2.45) is 0 Å². The number of nitro benzene ring substituents is 1. The molecule has 1 aliphatic rings. The summed E-state index contributed by atoms with van der Waals surface area (Å²) in [5.74, 6) is -0.792. The van der Waals surface area contributed by atoms with Crippen molar-refractivity contribution >= 4 is 17.6 Å². The third-order valence-electron chi connectivity index (χ3n) is 6.10. The van der Waals surface area contributed by atoms with Gasteiger partial charge in [0.25, 0.3) is 11.6 Å². The Morgan fingerprint density at radius 2 is 1.82 bits per heavy atom. The van der Waals surface area contributed by atoms with E-state index in [0.29, 0.717) is 23.5 Å². The van der Waals surface area contributed by atoms with Crippen molar-refractivity contribution in [3.8, 4) is 11.3 Å². The summed E-state index contributed by atoms with van der Waals surface area (Å²) < 4.78 is 6.58. The van der Waals surface area contributed by atoms with E-state index >= 15 is 0 Å². The van der Waals surface area contributed by atoms with E-state index in [2.05, 4.69) is 5.10 Å². The summed E-state index contributed by atoms with van der Waals surface area (Å²) in [5, 5.41) is 15.8. The zero-order chi connectivity index (χ0) is 24.4. The van der Waals surface area contributed by atoms with E-state index < -0.39 is 23.0 Å². The van der Waals surface area contributed by atoms with Crippen LogP contribution in [0.5, 0.6) is 0 Å². The zero-order valence-electron chi connectivity index (χ0n) is 19.3. The lowest BCUT2D eigenvalue weighted by molar-refractivity contribution is -0.384. The first-order chi connectivity index (χ1) is 16.3. The molecular formula is C25H26N4O5. The fourth-order valence-corrected chi connectivity index (χ4v) is 4.28. The Balaban J connectivity index is 1.87. The van der Waals surface area contributed by atoms with Crippen LogP contribution in [0.3, 0.4) is 0 Å². The molecule has 0 fully saturated rings. The van der Waals surface area contributed by atoms with Crippen LogP contribution in [-0.4, -0.2) is 45.1 Å². The van der Waals surface area contributed by atoms with E-state index in [-0.39, 0.29) is 11.6 Å². The van der Waals surface area contributed by atoms with Crippen LogP contribution < -0.4 is 0 Å². The summed E-state index contributed by atoms with van der Waals surface area (Å²) in [4.78, 5) is 39.0. The highest BCUT2D eigenvalue weighted by atomic mass is 16.6. The number of esters is 1. The van der Waals surface area contributed by atoms with Crippen molar-refractivity contribution in [2.75, 3.05) is 13.7 Å². The molecule has 3 aromatic rings. The Morgan fingerprint density at radius 1 is 1.15 bits per heavy atom. The van der Waals surface area contributed by atoms with Gasteiger partial charge in [-0.25, -0.2) is 9.48 Å². The number of methoxy groups -OCH3 is 1. The van der Waals surface area contributed by atoms with Gasteiger partial charge in [0.15, 0.2) is 6.04 Å². The van der Waals surface area contributed by atoms with Gasteiger partial charge in [0.05, 0.1) is 23.8 Å². The average Bonchev–Trinajstić information content (AvgIpc) is 3.29. The van der Waals surface area contributed by atoms with E-state index in [4.69, 9.17) is 4.74 Å². The Bertz CT molecular complexity index is 1220. The molecule has 1 aromatic heterocycles. The summed E-state index contributed by atoms with van der Waals surface area (Å²) in [5.41, 5.74) is 3.35. The summed E-state index contributed by atoms with van der Waals surface area (Å²) in [6, 6.07) is 13.7. The second-order valence-electron chi connectivity index (χ2n) is 8.34. The van der Waals surface area contributed by atoms with Crippen LogP contribution in [0.2, 0.25) is 0 Å². The largest absolute Gasteiger partial charge is 0.467 e. The van der Waals surface area contributed by atoms with Crippen LogP contribution in [0, 0.1) is 17.0 Å². The van der Waals surface area contributed by atoms with Gasteiger partial charge in [0.1, 0.15) is 5.69 Å². The van der Waals surface area contributed by atoms with Gasteiger partial charge in [-0.15, -0.1) is 0 Å². The van der Waals surface area contributed by atoms with Crippen molar-refractivity contribution in [3.63, 3.8) is 0 Å². The molecule has 0 spiro atoms. The third kappa shape index (κ3) is 4.16. The van der Waals surface area contributed by atoms with E-state index in [9.17, 15) is 19.7 Å². The molecule has 0 aliphatic carbocycles. The molecule has 1 aliphatic heterocycles. The van der Waals surface area contributed by atoms with E-state index in [1.807, 2.05) is 38.1 Å². The molecule has 2 aromatic carbocycles. The minimum absolute atomic E-state index is 0.0675. The number of non-ortho nitro benzene ring substituents is 1. The highest BCUT2D eigenvalue weighted by Crippen LogP contribution is 2.40. The lowest BCUT2D eigenvalue weighted by atomic mass is 9.94. The number of amides is 1. The smallest absolute Gasteiger partial charge is 0.333 e. The number of fused-ring (bicyclic) bond motifs is 1.